The van der Waals surface area contributed by atoms with Gasteiger partial charge in [-0.25, -0.2) is 8.42 Å². The molecule has 1 N–H and O–H groups in total. The Hall–Kier alpha value is -3.35. The van der Waals surface area contributed by atoms with Crippen LogP contribution in [0, 0.1) is 11.1 Å². The molecule has 0 radical (unpaired) electrons. The molecular formula is C26H28N4O6S2. The molecule has 3 unspecified atom stereocenters. The van der Waals surface area contributed by atoms with Crippen LogP contribution in [0.15, 0.2) is 59.8 Å². The van der Waals surface area contributed by atoms with Crippen LogP contribution >= 0.6 is 11.3 Å². The molecule has 1 aromatic carbocycles. The van der Waals surface area contributed by atoms with Gasteiger partial charge in [-0.3, -0.25) is 14.4 Å². The number of Topliss-reactive ketones (excluding diaryl/α,β-unsaturated/α-hetero) is 1. The van der Waals surface area contributed by atoms with Gasteiger partial charge in [-0.15, -0.1) is 11.3 Å². The molecule has 2 fully saturated rings. The summed E-state index contributed by atoms with van der Waals surface area (Å²) in [6, 6.07) is 9.53. The molecule has 4 heterocycles. The van der Waals surface area contributed by atoms with Gasteiger partial charge in [0.1, 0.15) is 17.0 Å². The SMILES string of the molecule is CC(C)CC(NC(=O)c1cc2ccccc2s1)C(=O)N1CCC2C1C(=O)CN2S(=O)(=O)c1ccc[n+]([O-])c1. The predicted octanol–water partition coefficient (Wildman–Crippen LogP) is 1.92. The summed E-state index contributed by atoms with van der Waals surface area (Å²) in [4.78, 5) is 41.6. The molecule has 2 saturated heterocycles. The van der Waals surface area contributed by atoms with Crippen LogP contribution in [0.1, 0.15) is 36.4 Å². The molecule has 0 spiro atoms. The van der Waals surface area contributed by atoms with Crippen LogP contribution in [0.2, 0.25) is 0 Å². The van der Waals surface area contributed by atoms with E-state index in [9.17, 15) is 28.0 Å². The van der Waals surface area contributed by atoms with Crippen LogP contribution in [0.5, 0.6) is 0 Å². The van der Waals surface area contributed by atoms with Crippen molar-refractivity contribution < 1.29 is 27.5 Å². The highest BCUT2D eigenvalue weighted by Crippen LogP contribution is 2.34. The van der Waals surface area contributed by atoms with Crippen molar-refractivity contribution in [1.82, 2.24) is 14.5 Å². The first kappa shape index (κ1) is 26.3. The Balaban J connectivity index is 1.37. The number of nitrogens with one attached hydrogen (secondary N) is 1. The number of benzene rings is 1. The first-order chi connectivity index (χ1) is 18.1. The van der Waals surface area contributed by atoms with Gasteiger partial charge in [0.25, 0.3) is 5.91 Å². The maximum atomic E-state index is 13.7. The number of fused-ring (bicyclic) bond motifs is 2. The lowest BCUT2D eigenvalue weighted by molar-refractivity contribution is -0.607. The molecule has 3 atom stereocenters. The zero-order valence-electron chi connectivity index (χ0n) is 20.9. The molecule has 0 bridgehead atoms. The van der Waals surface area contributed by atoms with Gasteiger partial charge in [-0.2, -0.15) is 9.04 Å². The zero-order valence-corrected chi connectivity index (χ0v) is 22.6. The van der Waals surface area contributed by atoms with Crippen LogP contribution in [0.25, 0.3) is 10.1 Å². The van der Waals surface area contributed by atoms with Crippen LogP contribution in [0.4, 0.5) is 0 Å². The number of ketones is 1. The van der Waals surface area contributed by atoms with Crippen LogP contribution in [-0.4, -0.2) is 66.4 Å². The number of likely N-dealkylation sites (tertiary alicyclic amines) is 1. The molecule has 2 aliphatic rings. The Labute approximate surface area is 224 Å². The second-order valence-electron chi connectivity index (χ2n) is 10.1. The Kier molecular flexibility index (Phi) is 6.97. The molecular weight excluding hydrogens is 528 g/mol. The number of pyridine rings is 1. The van der Waals surface area contributed by atoms with Crippen molar-refractivity contribution in [2.24, 2.45) is 5.92 Å². The van der Waals surface area contributed by atoms with Crippen LogP contribution in [-0.2, 0) is 19.6 Å². The Morgan fingerprint density at radius 1 is 1.21 bits per heavy atom. The van der Waals surface area contributed by atoms with E-state index in [1.54, 1.807) is 6.07 Å². The largest absolute Gasteiger partial charge is 0.619 e. The highest BCUT2D eigenvalue weighted by molar-refractivity contribution is 7.89. The number of amides is 2. The number of aromatic nitrogens is 1. The predicted molar refractivity (Wildman–Crippen MR) is 141 cm³/mol. The van der Waals surface area contributed by atoms with Gasteiger partial charge >= 0.3 is 0 Å². The molecule has 2 aliphatic heterocycles. The Bertz CT molecular complexity index is 1490. The van der Waals surface area contributed by atoms with Crippen molar-refractivity contribution in [3.63, 3.8) is 0 Å². The first-order valence-corrected chi connectivity index (χ1v) is 14.6. The Morgan fingerprint density at radius 3 is 2.68 bits per heavy atom. The number of rotatable bonds is 7. The summed E-state index contributed by atoms with van der Waals surface area (Å²) in [5, 5.41) is 15.5. The Morgan fingerprint density at radius 2 is 1.97 bits per heavy atom. The summed E-state index contributed by atoms with van der Waals surface area (Å²) in [6.45, 7) is 3.69. The van der Waals surface area contributed by atoms with Gasteiger partial charge in [-0.05, 0) is 42.3 Å². The molecule has 200 valence electrons. The van der Waals surface area contributed by atoms with E-state index in [-0.39, 0.29) is 42.0 Å². The summed E-state index contributed by atoms with van der Waals surface area (Å²) in [6.07, 6.45) is 2.78. The molecule has 38 heavy (non-hydrogen) atoms. The van der Waals surface area contributed by atoms with Crippen LogP contribution < -0.4 is 10.0 Å². The van der Waals surface area contributed by atoms with E-state index in [1.165, 1.54) is 34.6 Å². The quantitative estimate of drug-likeness (QED) is 0.350. The van der Waals surface area contributed by atoms with E-state index in [4.69, 9.17) is 0 Å². The van der Waals surface area contributed by atoms with Crippen molar-refractivity contribution in [1.29, 1.82) is 0 Å². The number of thiophene rings is 1. The van der Waals surface area contributed by atoms with E-state index in [0.29, 0.717) is 16.0 Å². The van der Waals surface area contributed by atoms with Gasteiger partial charge in [-0.1, -0.05) is 32.0 Å². The van der Waals surface area contributed by atoms with Gasteiger partial charge in [0, 0.05) is 17.3 Å². The number of carbonyl (C=O) groups excluding carboxylic acids is 3. The minimum absolute atomic E-state index is 0.0816. The third-order valence-corrected chi connectivity index (χ3v) is 9.94. The lowest BCUT2D eigenvalue weighted by Gasteiger charge is -2.29. The molecule has 0 aliphatic carbocycles. The minimum atomic E-state index is -4.12. The second kappa shape index (κ2) is 10.1. The average Bonchev–Trinajstić information content (AvgIpc) is 3.58. The van der Waals surface area contributed by atoms with E-state index in [1.807, 2.05) is 38.1 Å². The maximum absolute atomic E-state index is 13.7. The van der Waals surface area contributed by atoms with Crippen molar-refractivity contribution in [2.75, 3.05) is 13.1 Å². The topological polar surface area (TPSA) is 131 Å². The molecule has 2 amide bonds. The highest BCUT2D eigenvalue weighted by atomic mass is 32.2. The van der Waals surface area contributed by atoms with Gasteiger partial charge in [0.15, 0.2) is 18.2 Å². The van der Waals surface area contributed by atoms with E-state index in [2.05, 4.69) is 5.32 Å². The van der Waals surface area contributed by atoms with Crippen molar-refractivity contribution >= 4 is 49.0 Å². The normalized spacial score (nSPS) is 20.7. The minimum Gasteiger partial charge on any atom is -0.619 e. The van der Waals surface area contributed by atoms with Gasteiger partial charge in [0.2, 0.25) is 15.9 Å². The zero-order chi connectivity index (χ0) is 27.2. The summed E-state index contributed by atoms with van der Waals surface area (Å²) in [5.41, 5.74) is 0. The third kappa shape index (κ3) is 4.79. The third-order valence-electron chi connectivity index (χ3n) is 6.97. The van der Waals surface area contributed by atoms with E-state index >= 15 is 0 Å². The fraction of sp³-hybridized carbons (Fsp3) is 0.385. The molecule has 2 aromatic heterocycles. The molecule has 10 nitrogen and oxygen atoms in total. The molecule has 0 saturated carbocycles. The second-order valence-corrected chi connectivity index (χ2v) is 13.0. The summed E-state index contributed by atoms with van der Waals surface area (Å²) < 4.78 is 29.0. The first-order valence-electron chi connectivity index (χ1n) is 12.4. The van der Waals surface area contributed by atoms with E-state index < -0.39 is 34.1 Å². The summed E-state index contributed by atoms with van der Waals surface area (Å²) >= 11 is 1.34. The van der Waals surface area contributed by atoms with Gasteiger partial charge < -0.3 is 15.4 Å². The maximum Gasteiger partial charge on any atom is 0.262 e. The number of carbonyl (C=O) groups is 3. The number of hydrogen-bond acceptors (Lipinski definition) is 7. The molecule has 5 rings (SSSR count). The fourth-order valence-corrected chi connectivity index (χ4v) is 7.88. The highest BCUT2D eigenvalue weighted by Gasteiger charge is 2.54. The smallest absolute Gasteiger partial charge is 0.262 e. The van der Waals surface area contributed by atoms with E-state index in [0.717, 1.165) is 20.6 Å². The van der Waals surface area contributed by atoms with Crippen molar-refractivity contribution in [2.45, 2.75) is 49.7 Å². The summed E-state index contributed by atoms with van der Waals surface area (Å²) in [7, 11) is -4.12. The van der Waals surface area contributed by atoms with Gasteiger partial charge in [0.05, 0.1) is 17.5 Å². The monoisotopic (exact) mass is 556 g/mol. The summed E-state index contributed by atoms with van der Waals surface area (Å²) in [5.74, 6) is -1.06. The number of nitrogens with zero attached hydrogens (tertiary/aromatic N) is 3. The lowest BCUT2D eigenvalue weighted by Crippen LogP contribution is -2.52. The standard InChI is InChI=1S/C26H28N4O6S2/c1-16(2)12-19(27-25(32)23-13-17-6-3-4-8-22(17)37-23)26(33)29-11-9-20-24(29)21(31)15-30(20)38(35,36)18-7-5-10-28(34)14-18/h3-8,10,13-14,16,19-20,24H,9,11-12,15H2,1-2H3,(H,27,32). The van der Waals surface area contributed by atoms with Crippen molar-refractivity contribution in [3.05, 3.63) is 64.9 Å². The number of hydrogen-bond donors (Lipinski definition) is 1. The number of sulfonamides is 1. The average molecular weight is 557 g/mol. The van der Waals surface area contributed by atoms with Crippen LogP contribution in [0.3, 0.4) is 0 Å². The lowest BCUT2D eigenvalue weighted by atomic mass is 10.0. The fourth-order valence-electron chi connectivity index (χ4n) is 5.28. The molecule has 3 aromatic rings. The van der Waals surface area contributed by atoms with Crippen molar-refractivity contribution in [3.8, 4) is 0 Å². The molecule has 12 heteroatoms.